The lowest BCUT2D eigenvalue weighted by atomic mass is 9.72. The molecular formula is C19H19ClF3N5O. The SMILES string of the molecule is CC.Fc1ccc(C2(Nc3ncc(-c4nnc(C(F)F)o4)cn3)CCC2)cc1Cl. The lowest BCUT2D eigenvalue weighted by molar-refractivity contribution is 0.116. The minimum absolute atomic E-state index is 0.0584. The molecule has 1 aliphatic rings. The van der Waals surface area contributed by atoms with Crippen molar-refractivity contribution in [3.05, 3.63) is 52.9 Å². The first-order chi connectivity index (χ1) is 14.0. The number of halogens is 4. The zero-order valence-corrected chi connectivity index (χ0v) is 16.6. The molecule has 0 unspecified atom stereocenters. The predicted molar refractivity (Wildman–Crippen MR) is 102 cm³/mol. The number of alkyl halides is 2. The maximum absolute atomic E-state index is 13.4. The molecule has 1 fully saturated rings. The van der Waals surface area contributed by atoms with Crippen LogP contribution in [0.3, 0.4) is 0 Å². The summed E-state index contributed by atoms with van der Waals surface area (Å²) >= 11 is 5.91. The van der Waals surface area contributed by atoms with E-state index in [0.29, 0.717) is 11.5 Å². The Kier molecular flexibility index (Phi) is 6.36. The molecule has 1 aromatic carbocycles. The average Bonchev–Trinajstić information content (AvgIpc) is 3.20. The van der Waals surface area contributed by atoms with Crippen molar-refractivity contribution in [2.24, 2.45) is 0 Å². The van der Waals surface area contributed by atoms with Crippen LogP contribution in [0.2, 0.25) is 5.02 Å². The molecule has 0 atom stereocenters. The number of benzene rings is 1. The van der Waals surface area contributed by atoms with E-state index in [-0.39, 0.29) is 10.9 Å². The van der Waals surface area contributed by atoms with Gasteiger partial charge in [0.15, 0.2) is 0 Å². The van der Waals surface area contributed by atoms with Crippen molar-refractivity contribution in [3.63, 3.8) is 0 Å². The Hall–Kier alpha value is -2.68. The molecule has 3 aromatic rings. The Morgan fingerprint density at radius 3 is 2.34 bits per heavy atom. The van der Waals surface area contributed by atoms with Crippen molar-refractivity contribution in [2.75, 3.05) is 5.32 Å². The lowest BCUT2D eigenvalue weighted by Crippen LogP contribution is -2.42. The van der Waals surface area contributed by atoms with E-state index in [2.05, 4.69) is 25.5 Å². The van der Waals surface area contributed by atoms with Crippen molar-refractivity contribution in [3.8, 4) is 11.5 Å². The van der Waals surface area contributed by atoms with Gasteiger partial charge in [-0.05, 0) is 37.0 Å². The second-order valence-electron chi connectivity index (χ2n) is 6.23. The summed E-state index contributed by atoms with van der Waals surface area (Å²) in [6.45, 7) is 4.00. The number of anilines is 1. The fourth-order valence-corrected chi connectivity index (χ4v) is 3.15. The average molecular weight is 426 g/mol. The van der Waals surface area contributed by atoms with Crippen molar-refractivity contribution in [1.82, 2.24) is 20.2 Å². The first-order valence-electron chi connectivity index (χ1n) is 9.14. The van der Waals surface area contributed by atoms with E-state index in [4.69, 9.17) is 16.0 Å². The fraction of sp³-hybridized carbons (Fsp3) is 0.368. The summed E-state index contributed by atoms with van der Waals surface area (Å²) in [6, 6.07) is 4.62. The Labute approximate surface area is 170 Å². The van der Waals surface area contributed by atoms with E-state index in [1.54, 1.807) is 12.1 Å². The van der Waals surface area contributed by atoms with Gasteiger partial charge in [0.05, 0.1) is 16.1 Å². The third-order valence-corrected chi connectivity index (χ3v) is 4.85. The number of nitrogens with zero attached hydrogens (tertiary/aromatic N) is 4. The van der Waals surface area contributed by atoms with Gasteiger partial charge in [-0.2, -0.15) is 8.78 Å². The van der Waals surface area contributed by atoms with Gasteiger partial charge in [-0.15, -0.1) is 10.2 Å². The van der Waals surface area contributed by atoms with E-state index in [1.807, 2.05) is 13.8 Å². The number of aromatic nitrogens is 4. The van der Waals surface area contributed by atoms with Crippen LogP contribution in [0.1, 0.15) is 51.0 Å². The summed E-state index contributed by atoms with van der Waals surface area (Å²) in [7, 11) is 0. The van der Waals surface area contributed by atoms with Crippen LogP contribution in [-0.2, 0) is 5.54 Å². The van der Waals surface area contributed by atoms with Gasteiger partial charge in [-0.1, -0.05) is 31.5 Å². The largest absolute Gasteiger partial charge is 0.415 e. The van der Waals surface area contributed by atoms with Gasteiger partial charge in [-0.25, -0.2) is 14.4 Å². The molecule has 2 heterocycles. The topological polar surface area (TPSA) is 76.7 Å². The van der Waals surface area contributed by atoms with Crippen molar-refractivity contribution in [2.45, 2.75) is 45.1 Å². The first kappa shape index (κ1) is 21.0. The smallest absolute Gasteiger partial charge is 0.314 e. The van der Waals surface area contributed by atoms with E-state index in [1.165, 1.54) is 18.5 Å². The number of rotatable bonds is 5. The lowest BCUT2D eigenvalue weighted by Gasteiger charge is -2.43. The minimum Gasteiger partial charge on any atom is -0.415 e. The van der Waals surface area contributed by atoms with Crippen LogP contribution in [0.4, 0.5) is 19.1 Å². The molecule has 6 nitrogen and oxygen atoms in total. The molecule has 154 valence electrons. The van der Waals surface area contributed by atoms with Gasteiger partial charge in [0.1, 0.15) is 5.82 Å². The van der Waals surface area contributed by atoms with Crippen LogP contribution < -0.4 is 5.32 Å². The van der Waals surface area contributed by atoms with Gasteiger partial charge < -0.3 is 9.73 Å². The van der Waals surface area contributed by atoms with Gasteiger partial charge in [0.2, 0.25) is 5.95 Å². The molecule has 1 N–H and O–H groups in total. The summed E-state index contributed by atoms with van der Waals surface area (Å²) in [5.41, 5.74) is 0.755. The molecule has 0 bridgehead atoms. The number of hydrogen-bond acceptors (Lipinski definition) is 6. The van der Waals surface area contributed by atoms with E-state index < -0.39 is 23.7 Å². The Balaban J connectivity index is 0.00000117. The Bertz CT molecular complexity index is 961. The summed E-state index contributed by atoms with van der Waals surface area (Å²) in [4.78, 5) is 8.39. The molecule has 1 saturated carbocycles. The molecule has 0 spiro atoms. The summed E-state index contributed by atoms with van der Waals surface area (Å²) in [5, 5.41) is 10.2. The highest BCUT2D eigenvalue weighted by molar-refractivity contribution is 6.30. The monoisotopic (exact) mass is 425 g/mol. The third kappa shape index (κ3) is 4.34. The van der Waals surface area contributed by atoms with Gasteiger partial charge in [0, 0.05) is 12.4 Å². The highest BCUT2D eigenvalue weighted by Gasteiger charge is 2.39. The third-order valence-electron chi connectivity index (χ3n) is 4.56. The van der Waals surface area contributed by atoms with E-state index in [9.17, 15) is 13.2 Å². The highest BCUT2D eigenvalue weighted by atomic mass is 35.5. The van der Waals surface area contributed by atoms with Crippen LogP contribution in [-0.4, -0.2) is 20.2 Å². The van der Waals surface area contributed by atoms with Crippen molar-refractivity contribution >= 4 is 17.5 Å². The van der Waals surface area contributed by atoms with Crippen LogP contribution in [0.15, 0.2) is 35.0 Å². The highest BCUT2D eigenvalue weighted by Crippen LogP contribution is 2.44. The quantitative estimate of drug-likeness (QED) is 0.558. The fourth-order valence-electron chi connectivity index (χ4n) is 2.97. The molecule has 2 aromatic heterocycles. The Morgan fingerprint density at radius 1 is 1.14 bits per heavy atom. The zero-order valence-electron chi connectivity index (χ0n) is 15.8. The summed E-state index contributed by atoms with van der Waals surface area (Å²) in [6.07, 6.45) is 2.61. The molecule has 10 heteroatoms. The second kappa shape index (κ2) is 8.77. The zero-order chi connectivity index (χ0) is 21.0. The van der Waals surface area contributed by atoms with Gasteiger partial charge in [-0.3, -0.25) is 0 Å². The normalized spacial score (nSPS) is 14.7. The molecular weight excluding hydrogens is 407 g/mol. The van der Waals surface area contributed by atoms with Crippen LogP contribution in [0.5, 0.6) is 0 Å². The summed E-state index contributed by atoms with van der Waals surface area (Å²) in [5.74, 6) is -0.972. The Morgan fingerprint density at radius 2 is 1.83 bits per heavy atom. The molecule has 0 amide bonds. The standard InChI is InChI=1S/C17H13ClF3N5O.C2H6/c18-11-6-10(2-3-12(11)19)17(4-1-5-17)24-16-22-7-9(8-23-16)14-25-26-15(27-14)13(20)21;1-2/h2-3,6-8,13H,1,4-5H2,(H,22,23,24);1-2H3. The molecule has 0 saturated heterocycles. The van der Waals surface area contributed by atoms with Crippen LogP contribution in [0, 0.1) is 5.82 Å². The molecule has 1 aliphatic carbocycles. The first-order valence-corrected chi connectivity index (χ1v) is 9.52. The number of nitrogens with one attached hydrogen (secondary N) is 1. The van der Waals surface area contributed by atoms with Crippen LogP contribution >= 0.6 is 11.6 Å². The van der Waals surface area contributed by atoms with Gasteiger partial charge >= 0.3 is 6.43 Å². The van der Waals surface area contributed by atoms with Crippen molar-refractivity contribution < 1.29 is 17.6 Å². The molecule has 0 radical (unpaired) electrons. The van der Waals surface area contributed by atoms with Crippen molar-refractivity contribution in [1.29, 1.82) is 0 Å². The van der Waals surface area contributed by atoms with Crippen LogP contribution in [0.25, 0.3) is 11.5 Å². The second-order valence-corrected chi connectivity index (χ2v) is 6.64. The molecule has 0 aliphatic heterocycles. The number of hydrogen-bond donors (Lipinski definition) is 1. The predicted octanol–water partition coefficient (Wildman–Crippen LogP) is 5.77. The summed E-state index contributed by atoms with van der Waals surface area (Å²) < 4.78 is 43.4. The van der Waals surface area contributed by atoms with Gasteiger partial charge in [0.25, 0.3) is 11.8 Å². The minimum atomic E-state index is -2.84. The maximum atomic E-state index is 13.4. The maximum Gasteiger partial charge on any atom is 0.314 e. The molecule has 29 heavy (non-hydrogen) atoms. The molecule has 4 rings (SSSR count). The van der Waals surface area contributed by atoms with E-state index >= 15 is 0 Å². The van der Waals surface area contributed by atoms with E-state index in [0.717, 1.165) is 24.8 Å².